The second-order valence-corrected chi connectivity index (χ2v) is 6.68. The van der Waals surface area contributed by atoms with E-state index in [1.54, 1.807) is 30.2 Å². The summed E-state index contributed by atoms with van der Waals surface area (Å²) in [5.74, 6) is 0.459. The maximum atomic E-state index is 12.6. The Kier molecular flexibility index (Phi) is 6.44. The molecule has 2 aromatic carbocycles. The zero-order valence-electron chi connectivity index (χ0n) is 15.5. The van der Waals surface area contributed by atoms with Gasteiger partial charge < -0.3 is 15.0 Å². The molecular weight excluding hydrogens is 376 g/mol. The molecule has 0 saturated carbocycles. The highest BCUT2D eigenvalue weighted by Crippen LogP contribution is 2.25. The van der Waals surface area contributed by atoms with Crippen LogP contribution in [0.5, 0.6) is 5.75 Å². The van der Waals surface area contributed by atoms with Crippen LogP contribution in [0.15, 0.2) is 48.5 Å². The van der Waals surface area contributed by atoms with Crippen LogP contribution in [-0.2, 0) is 11.3 Å². The summed E-state index contributed by atoms with van der Waals surface area (Å²) in [5.41, 5.74) is 7.33. The molecule has 1 saturated heterocycles. The van der Waals surface area contributed by atoms with Crippen LogP contribution in [-0.4, -0.2) is 30.6 Å². The van der Waals surface area contributed by atoms with Crippen molar-refractivity contribution in [1.82, 2.24) is 16.2 Å². The van der Waals surface area contributed by atoms with E-state index in [0.29, 0.717) is 35.9 Å². The van der Waals surface area contributed by atoms with Gasteiger partial charge in [-0.2, -0.15) is 0 Å². The number of hydrogen-bond acceptors (Lipinski definition) is 4. The molecule has 28 heavy (non-hydrogen) atoms. The minimum Gasteiger partial charge on any atom is -0.497 e. The van der Waals surface area contributed by atoms with Gasteiger partial charge in [0.2, 0.25) is 5.91 Å². The number of benzene rings is 2. The molecule has 0 aliphatic carbocycles. The maximum Gasteiger partial charge on any atom is 0.271 e. The van der Waals surface area contributed by atoms with Crippen molar-refractivity contribution in [2.24, 2.45) is 0 Å². The average Bonchev–Trinajstić information content (AvgIpc) is 3.16. The third kappa shape index (κ3) is 4.77. The number of amides is 2. The molecule has 3 N–H and O–H groups in total. The van der Waals surface area contributed by atoms with Gasteiger partial charge in [0.1, 0.15) is 5.75 Å². The van der Waals surface area contributed by atoms with E-state index in [-0.39, 0.29) is 11.8 Å². The highest BCUT2D eigenvalue weighted by molar-refractivity contribution is 7.80. The highest BCUT2D eigenvalue weighted by Gasteiger charge is 2.25. The van der Waals surface area contributed by atoms with Gasteiger partial charge in [-0.15, -0.1) is 0 Å². The lowest BCUT2D eigenvalue weighted by Gasteiger charge is -2.19. The Morgan fingerprint density at radius 1 is 1.14 bits per heavy atom. The summed E-state index contributed by atoms with van der Waals surface area (Å²) in [6.45, 7) is 1.13. The smallest absolute Gasteiger partial charge is 0.271 e. The lowest BCUT2D eigenvalue weighted by molar-refractivity contribution is -0.117. The zero-order valence-corrected chi connectivity index (χ0v) is 16.3. The molecule has 0 atom stereocenters. The second-order valence-electron chi connectivity index (χ2n) is 6.28. The number of hydrazine groups is 1. The molecule has 2 amide bonds. The van der Waals surface area contributed by atoms with E-state index in [1.165, 1.54) is 0 Å². The van der Waals surface area contributed by atoms with Crippen molar-refractivity contribution < 1.29 is 14.3 Å². The molecule has 0 aromatic heterocycles. The number of nitrogens with zero attached hydrogens (tertiary/aromatic N) is 1. The molecule has 0 radical (unpaired) electrons. The Bertz CT molecular complexity index is 870. The molecule has 8 heteroatoms. The van der Waals surface area contributed by atoms with Crippen molar-refractivity contribution >= 4 is 34.8 Å². The number of thiocarbonyl (C=S) groups is 1. The summed E-state index contributed by atoms with van der Waals surface area (Å²) >= 11 is 5.20. The summed E-state index contributed by atoms with van der Waals surface area (Å²) < 4.78 is 5.12. The van der Waals surface area contributed by atoms with Crippen LogP contribution in [0.1, 0.15) is 28.8 Å². The summed E-state index contributed by atoms with van der Waals surface area (Å²) in [7, 11) is 1.62. The first-order valence-corrected chi connectivity index (χ1v) is 9.36. The van der Waals surface area contributed by atoms with E-state index in [1.807, 2.05) is 30.3 Å². The lowest BCUT2D eigenvalue weighted by atomic mass is 10.1. The van der Waals surface area contributed by atoms with Crippen LogP contribution in [0.25, 0.3) is 0 Å². The molecular formula is C20H22N4O3S. The van der Waals surface area contributed by atoms with Crippen molar-refractivity contribution in [3.8, 4) is 5.75 Å². The summed E-state index contributed by atoms with van der Waals surface area (Å²) in [5, 5.41) is 3.31. The fraction of sp³-hybridized carbons (Fsp3) is 0.250. The largest absolute Gasteiger partial charge is 0.497 e. The fourth-order valence-corrected chi connectivity index (χ4v) is 3.08. The number of ether oxygens (including phenoxy) is 1. The normalized spacial score (nSPS) is 13.2. The molecule has 1 heterocycles. The lowest BCUT2D eigenvalue weighted by Crippen LogP contribution is -2.46. The first kappa shape index (κ1) is 19.6. The quantitative estimate of drug-likeness (QED) is 0.529. The van der Waals surface area contributed by atoms with E-state index in [0.717, 1.165) is 17.7 Å². The van der Waals surface area contributed by atoms with Crippen molar-refractivity contribution in [1.29, 1.82) is 0 Å². The number of nitrogens with one attached hydrogen (secondary N) is 3. The van der Waals surface area contributed by atoms with Gasteiger partial charge in [0.15, 0.2) is 5.11 Å². The standard InChI is InChI=1S/C20H22N4O3S/c1-27-15-10-8-14(9-11-15)13-21-20(28)23-22-19(26)16-5-2-3-6-17(16)24-12-4-7-18(24)25/h2-3,5-6,8-11H,4,7,12-13H2,1H3,(H,22,26)(H2,21,23,28). The Hall–Kier alpha value is -3.13. The third-order valence-corrected chi connectivity index (χ3v) is 4.66. The van der Waals surface area contributed by atoms with Crippen molar-refractivity contribution in [2.75, 3.05) is 18.6 Å². The molecule has 2 aromatic rings. The molecule has 1 fully saturated rings. The number of hydrogen-bond donors (Lipinski definition) is 3. The second kappa shape index (κ2) is 9.18. The monoisotopic (exact) mass is 398 g/mol. The Labute approximate surface area is 169 Å². The van der Waals surface area contributed by atoms with Crippen LogP contribution in [0.4, 0.5) is 5.69 Å². The molecule has 3 rings (SSSR count). The van der Waals surface area contributed by atoms with E-state index in [2.05, 4.69) is 16.2 Å². The molecule has 0 spiro atoms. The molecule has 0 unspecified atom stereocenters. The van der Waals surface area contributed by atoms with Gasteiger partial charge in [-0.1, -0.05) is 24.3 Å². The molecule has 0 bridgehead atoms. The molecule has 1 aliphatic rings. The number of anilines is 1. The molecule has 7 nitrogen and oxygen atoms in total. The first-order valence-electron chi connectivity index (χ1n) is 8.95. The fourth-order valence-electron chi connectivity index (χ4n) is 2.95. The van der Waals surface area contributed by atoms with Crippen LogP contribution in [0.2, 0.25) is 0 Å². The van der Waals surface area contributed by atoms with Gasteiger partial charge in [0.05, 0.1) is 18.4 Å². The number of methoxy groups -OCH3 is 1. The molecule has 146 valence electrons. The molecule has 1 aliphatic heterocycles. The Balaban J connectivity index is 1.53. The summed E-state index contributed by atoms with van der Waals surface area (Å²) in [6, 6.07) is 14.6. The maximum absolute atomic E-state index is 12.6. The van der Waals surface area contributed by atoms with E-state index < -0.39 is 0 Å². The van der Waals surface area contributed by atoms with E-state index in [4.69, 9.17) is 17.0 Å². The first-order chi connectivity index (χ1) is 13.6. The SMILES string of the molecule is COc1ccc(CNC(=S)NNC(=O)c2ccccc2N2CCCC2=O)cc1. The topological polar surface area (TPSA) is 82.7 Å². The van der Waals surface area contributed by atoms with E-state index >= 15 is 0 Å². The number of para-hydroxylation sites is 1. The number of carbonyl (C=O) groups is 2. The number of rotatable bonds is 5. The Morgan fingerprint density at radius 3 is 2.57 bits per heavy atom. The predicted octanol–water partition coefficient (Wildman–Crippen LogP) is 2.13. The van der Waals surface area contributed by atoms with Crippen LogP contribution in [0, 0.1) is 0 Å². The predicted molar refractivity (Wildman–Crippen MR) is 111 cm³/mol. The van der Waals surface area contributed by atoms with Crippen LogP contribution in [0.3, 0.4) is 0 Å². The van der Waals surface area contributed by atoms with Gasteiger partial charge in [-0.05, 0) is 48.5 Å². The summed E-state index contributed by atoms with van der Waals surface area (Å²) in [6.07, 6.45) is 1.31. The Morgan fingerprint density at radius 2 is 1.89 bits per heavy atom. The minimum atomic E-state index is -0.358. The van der Waals surface area contributed by atoms with Gasteiger partial charge in [-0.25, -0.2) is 0 Å². The average molecular weight is 398 g/mol. The van der Waals surface area contributed by atoms with Crippen molar-refractivity contribution in [2.45, 2.75) is 19.4 Å². The van der Waals surface area contributed by atoms with Crippen molar-refractivity contribution in [3.05, 3.63) is 59.7 Å². The van der Waals surface area contributed by atoms with Crippen LogP contribution >= 0.6 is 12.2 Å². The van der Waals surface area contributed by atoms with Crippen molar-refractivity contribution in [3.63, 3.8) is 0 Å². The zero-order chi connectivity index (χ0) is 19.9. The van der Waals surface area contributed by atoms with Gasteiger partial charge in [0.25, 0.3) is 5.91 Å². The van der Waals surface area contributed by atoms with Gasteiger partial charge in [-0.3, -0.25) is 20.4 Å². The van der Waals surface area contributed by atoms with E-state index in [9.17, 15) is 9.59 Å². The highest BCUT2D eigenvalue weighted by atomic mass is 32.1. The number of carbonyl (C=O) groups excluding carboxylic acids is 2. The summed E-state index contributed by atoms with van der Waals surface area (Å²) in [4.78, 5) is 26.2. The minimum absolute atomic E-state index is 0.0323. The van der Waals surface area contributed by atoms with Gasteiger partial charge >= 0.3 is 0 Å². The third-order valence-electron chi connectivity index (χ3n) is 4.41. The van der Waals surface area contributed by atoms with Crippen LogP contribution < -0.4 is 25.8 Å². The van der Waals surface area contributed by atoms with Gasteiger partial charge in [0, 0.05) is 19.5 Å².